The van der Waals surface area contributed by atoms with Crippen molar-refractivity contribution < 1.29 is 14.4 Å². The van der Waals surface area contributed by atoms with Crippen LogP contribution < -0.4 is 0 Å². The largest absolute Gasteiger partial charge is 0.297 e. The first-order valence-electron chi connectivity index (χ1n) is 2.86. The minimum Gasteiger partial charge on any atom is -0.297 e. The van der Waals surface area contributed by atoms with Gasteiger partial charge in [-0.25, -0.2) is 0 Å². The predicted octanol–water partition coefficient (Wildman–Crippen LogP) is -0.0380. The number of nitrogens with zero attached hydrogens (tertiary/aromatic N) is 1. The summed E-state index contributed by atoms with van der Waals surface area (Å²) < 4.78 is 0. The lowest BCUT2D eigenvalue weighted by Gasteiger charge is -2.08. The van der Waals surface area contributed by atoms with Crippen LogP contribution in [0.25, 0.3) is 0 Å². The maximum Gasteiger partial charge on any atom is 0.289 e. The summed E-state index contributed by atoms with van der Waals surface area (Å²) in [6.07, 6.45) is 0. The Morgan fingerprint density at radius 1 is 1.64 bits per heavy atom. The van der Waals surface area contributed by atoms with Gasteiger partial charge in [-0.1, -0.05) is 11.8 Å². The van der Waals surface area contributed by atoms with Crippen molar-refractivity contribution in [2.45, 2.75) is 0 Å². The average molecular weight is 171 g/mol. The van der Waals surface area contributed by atoms with Crippen LogP contribution >= 0.6 is 11.8 Å². The molecule has 0 N–H and O–H groups in total. The van der Waals surface area contributed by atoms with E-state index in [1.807, 2.05) is 0 Å². The lowest BCUT2D eigenvalue weighted by atomic mass is 10.4. The quantitative estimate of drug-likeness (QED) is 0.585. The van der Waals surface area contributed by atoms with E-state index >= 15 is 0 Å². The number of Topliss-reactive ketones (excluding diaryl/α,β-unsaturated/α-hetero) is 1. The third kappa shape index (κ3) is 1.80. The van der Waals surface area contributed by atoms with Gasteiger partial charge in [0.15, 0.2) is 5.78 Å². The smallest absolute Gasteiger partial charge is 0.289 e. The van der Waals surface area contributed by atoms with Crippen LogP contribution in [0.4, 0.5) is 4.79 Å². The second-order valence-corrected chi connectivity index (χ2v) is 2.93. The van der Waals surface area contributed by atoms with Gasteiger partial charge in [0.2, 0.25) is 5.91 Å². The summed E-state index contributed by atoms with van der Waals surface area (Å²) in [5.74, 6) is -0.903. The van der Waals surface area contributed by atoms with Crippen molar-refractivity contribution in [3.8, 4) is 0 Å². The molecule has 11 heavy (non-hydrogen) atoms. The fraction of sp³-hybridized carbons (Fsp3) is 0.333. The molecule has 0 aromatic rings. The van der Waals surface area contributed by atoms with E-state index in [1.54, 1.807) is 0 Å². The van der Waals surface area contributed by atoms with Gasteiger partial charge in [-0.2, -0.15) is 0 Å². The first kappa shape index (κ1) is 8.26. The zero-order chi connectivity index (χ0) is 8.43. The van der Waals surface area contributed by atoms with Crippen LogP contribution in [0.2, 0.25) is 0 Å². The van der Waals surface area contributed by atoms with E-state index in [0.717, 1.165) is 16.7 Å². The Hall–Kier alpha value is -0.840. The maximum atomic E-state index is 10.8. The molecular formula is C6H5NO3S. The zero-order valence-electron chi connectivity index (χ0n) is 5.57. The number of amides is 2. The second kappa shape index (κ2) is 3.04. The molecule has 5 heteroatoms. The third-order valence-electron chi connectivity index (χ3n) is 1.15. The summed E-state index contributed by atoms with van der Waals surface area (Å²) in [5.41, 5.74) is 0. The van der Waals surface area contributed by atoms with Gasteiger partial charge in [0.1, 0.15) is 0 Å². The van der Waals surface area contributed by atoms with E-state index in [2.05, 4.69) is 0 Å². The van der Waals surface area contributed by atoms with Gasteiger partial charge in [0.05, 0.1) is 12.3 Å². The Balaban J connectivity index is 2.62. The number of thioether (sulfide) groups is 1. The highest BCUT2D eigenvalue weighted by atomic mass is 32.2. The molecule has 2 amide bonds. The molecule has 1 fully saturated rings. The van der Waals surface area contributed by atoms with E-state index in [4.69, 9.17) is 6.92 Å². The number of carbonyl (C=O) groups excluding carboxylic acids is 3. The lowest BCUT2D eigenvalue weighted by molar-refractivity contribution is -0.128. The molecule has 0 saturated carbocycles. The standard InChI is InChI=1S/C6H5NO3S/c1-4(8)2-7-5(9)3-11-6(7)10/h1H,2-3H2. The monoisotopic (exact) mass is 171 g/mol. The molecule has 0 atom stereocenters. The summed E-state index contributed by atoms with van der Waals surface area (Å²) >= 11 is 0.885. The zero-order valence-corrected chi connectivity index (χ0v) is 6.39. The molecule has 0 bridgehead atoms. The van der Waals surface area contributed by atoms with Crippen molar-refractivity contribution in [3.63, 3.8) is 0 Å². The average Bonchev–Trinajstić information content (AvgIpc) is 2.18. The molecule has 58 valence electrons. The molecule has 0 unspecified atom stereocenters. The van der Waals surface area contributed by atoms with Gasteiger partial charge >= 0.3 is 0 Å². The van der Waals surface area contributed by atoms with Crippen molar-refractivity contribution in [2.75, 3.05) is 12.3 Å². The molecule has 0 aromatic carbocycles. The van der Waals surface area contributed by atoms with Crippen LogP contribution in [-0.2, 0) is 9.59 Å². The van der Waals surface area contributed by atoms with Gasteiger partial charge in [-0.05, 0) is 0 Å². The molecular weight excluding hydrogens is 166 g/mol. The molecule has 1 aliphatic heterocycles. The number of hydrogen-bond acceptors (Lipinski definition) is 4. The van der Waals surface area contributed by atoms with Crippen LogP contribution in [0.3, 0.4) is 0 Å². The maximum absolute atomic E-state index is 10.8. The van der Waals surface area contributed by atoms with Crippen LogP contribution in [0.1, 0.15) is 0 Å². The predicted molar refractivity (Wildman–Crippen MR) is 38.9 cm³/mol. The Morgan fingerprint density at radius 3 is 2.64 bits per heavy atom. The number of rotatable bonds is 2. The van der Waals surface area contributed by atoms with E-state index in [1.165, 1.54) is 0 Å². The number of hydrogen-bond donors (Lipinski definition) is 0. The minimum absolute atomic E-state index is 0.117. The van der Waals surface area contributed by atoms with Crippen LogP contribution in [0.15, 0.2) is 0 Å². The second-order valence-electron chi connectivity index (χ2n) is 2.00. The summed E-state index contributed by atoms with van der Waals surface area (Å²) in [4.78, 5) is 32.7. The topological polar surface area (TPSA) is 54.5 Å². The fourth-order valence-corrected chi connectivity index (χ4v) is 1.41. The highest BCUT2D eigenvalue weighted by Gasteiger charge is 2.30. The highest BCUT2D eigenvalue weighted by Crippen LogP contribution is 2.17. The molecule has 1 rings (SSSR count). The molecule has 0 spiro atoms. The van der Waals surface area contributed by atoms with Crippen molar-refractivity contribution in [2.24, 2.45) is 0 Å². The molecule has 1 aliphatic rings. The van der Waals surface area contributed by atoms with E-state index < -0.39 is 11.0 Å². The first-order chi connectivity index (χ1) is 5.11. The Bertz CT molecular complexity index is 210. The van der Waals surface area contributed by atoms with Crippen LogP contribution in [-0.4, -0.2) is 34.1 Å². The molecule has 1 saturated heterocycles. The van der Waals surface area contributed by atoms with Gasteiger partial charge in [-0.3, -0.25) is 19.3 Å². The Labute approximate surface area is 67.9 Å². The van der Waals surface area contributed by atoms with Crippen molar-refractivity contribution in [1.29, 1.82) is 0 Å². The summed E-state index contributed by atoms with van der Waals surface area (Å²) in [6, 6.07) is 0. The van der Waals surface area contributed by atoms with Gasteiger partial charge in [0.25, 0.3) is 5.24 Å². The lowest BCUT2D eigenvalue weighted by Crippen LogP contribution is -2.32. The van der Waals surface area contributed by atoms with E-state index in [-0.39, 0.29) is 18.2 Å². The first-order valence-corrected chi connectivity index (χ1v) is 3.85. The summed E-state index contributed by atoms with van der Waals surface area (Å²) in [7, 11) is 0. The van der Waals surface area contributed by atoms with Gasteiger partial charge in [-0.15, -0.1) is 0 Å². The van der Waals surface area contributed by atoms with E-state index in [9.17, 15) is 14.4 Å². The Kier molecular flexibility index (Phi) is 2.28. The molecule has 1 heterocycles. The summed E-state index contributed by atoms with van der Waals surface area (Å²) in [6.45, 7) is 4.50. The molecule has 0 aliphatic carbocycles. The van der Waals surface area contributed by atoms with Crippen molar-refractivity contribution in [1.82, 2.24) is 4.90 Å². The molecule has 0 aromatic heterocycles. The number of ketones is 1. The normalized spacial score (nSPS) is 17.7. The van der Waals surface area contributed by atoms with Crippen molar-refractivity contribution in [3.05, 3.63) is 6.92 Å². The highest BCUT2D eigenvalue weighted by molar-refractivity contribution is 8.14. The van der Waals surface area contributed by atoms with Crippen LogP contribution in [0, 0.1) is 6.92 Å². The number of carbonyl (C=O) groups is 3. The number of imide groups is 1. The third-order valence-corrected chi connectivity index (χ3v) is 2.01. The van der Waals surface area contributed by atoms with Crippen molar-refractivity contribution >= 4 is 28.7 Å². The summed E-state index contributed by atoms with van der Waals surface area (Å²) in [5, 5.41) is -0.395. The van der Waals surface area contributed by atoms with E-state index in [0.29, 0.717) is 0 Å². The fourth-order valence-electron chi connectivity index (χ4n) is 0.690. The van der Waals surface area contributed by atoms with Crippen LogP contribution in [0.5, 0.6) is 0 Å². The Morgan fingerprint density at radius 2 is 2.27 bits per heavy atom. The van der Waals surface area contributed by atoms with Gasteiger partial charge < -0.3 is 0 Å². The minimum atomic E-state index is -0.672. The molecule has 2 radical (unpaired) electrons. The van der Waals surface area contributed by atoms with Gasteiger partial charge in [0, 0.05) is 6.92 Å². The SMILES string of the molecule is [CH]C(=O)CN1C(=O)CSC1=O. The molecule has 4 nitrogen and oxygen atoms in total.